The van der Waals surface area contributed by atoms with Crippen molar-refractivity contribution in [1.29, 1.82) is 0 Å². The minimum Gasteiger partial charge on any atom is -0.388 e. The molecule has 1 aromatic carbocycles. The summed E-state index contributed by atoms with van der Waals surface area (Å²) in [5.74, 6) is 0.847. The molecular weight excluding hydrogens is 254 g/mol. The van der Waals surface area contributed by atoms with E-state index in [-0.39, 0.29) is 10.6 Å². The minimum atomic E-state index is -0.327. The van der Waals surface area contributed by atoms with Gasteiger partial charge in [-0.1, -0.05) is 13.3 Å². The molecule has 0 amide bonds. The largest absolute Gasteiger partial charge is 0.388 e. The molecule has 1 fully saturated rings. The number of piperidine rings is 1. The molecule has 110 valence electrons. The van der Waals surface area contributed by atoms with Crippen LogP contribution in [0.5, 0.6) is 0 Å². The zero-order valence-corrected chi connectivity index (χ0v) is 12.3. The van der Waals surface area contributed by atoms with Gasteiger partial charge < -0.3 is 5.32 Å². The van der Waals surface area contributed by atoms with Crippen molar-refractivity contribution < 1.29 is 4.92 Å². The summed E-state index contributed by atoms with van der Waals surface area (Å²) in [5.41, 5.74) is 2.16. The van der Waals surface area contributed by atoms with E-state index in [1.165, 1.54) is 19.3 Å². The normalized spacial score (nSPS) is 17.1. The molecule has 0 spiro atoms. The van der Waals surface area contributed by atoms with E-state index >= 15 is 0 Å². The summed E-state index contributed by atoms with van der Waals surface area (Å²) in [6.45, 7) is 5.21. The highest BCUT2D eigenvalue weighted by molar-refractivity contribution is 5.55. The van der Waals surface area contributed by atoms with Crippen molar-refractivity contribution in [2.45, 2.75) is 32.7 Å². The number of nitrogens with zero attached hydrogens (tertiary/aromatic N) is 2. The number of rotatable bonds is 5. The molecule has 20 heavy (non-hydrogen) atoms. The van der Waals surface area contributed by atoms with Crippen LogP contribution in [0.4, 0.5) is 11.4 Å². The van der Waals surface area contributed by atoms with Crippen molar-refractivity contribution >= 4 is 11.4 Å². The molecule has 0 atom stereocenters. The maximum atomic E-state index is 10.9. The molecule has 1 aliphatic heterocycles. The van der Waals surface area contributed by atoms with Gasteiger partial charge in [-0.3, -0.25) is 15.0 Å². The van der Waals surface area contributed by atoms with Gasteiger partial charge in [-0.25, -0.2) is 0 Å². The molecule has 0 radical (unpaired) electrons. The fraction of sp³-hybridized carbons (Fsp3) is 0.600. The second-order valence-corrected chi connectivity index (χ2v) is 5.48. The number of benzene rings is 1. The van der Waals surface area contributed by atoms with Gasteiger partial charge in [0, 0.05) is 31.4 Å². The number of nitrogens with one attached hydrogen (secondary N) is 1. The summed E-state index contributed by atoms with van der Waals surface area (Å²) in [5, 5.41) is 14.0. The van der Waals surface area contributed by atoms with Crippen molar-refractivity contribution in [3.63, 3.8) is 0 Å². The first-order chi connectivity index (χ1) is 9.63. The maximum Gasteiger partial charge on any atom is 0.269 e. The Morgan fingerprint density at radius 2 is 2.10 bits per heavy atom. The van der Waals surface area contributed by atoms with Crippen LogP contribution in [0.3, 0.4) is 0 Å². The molecule has 1 N–H and O–H groups in total. The number of nitro benzene ring substituents is 1. The number of hydrogen-bond acceptors (Lipinski definition) is 4. The summed E-state index contributed by atoms with van der Waals surface area (Å²) < 4.78 is 0. The zero-order chi connectivity index (χ0) is 14.5. The monoisotopic (exact) mass is 277 g/mol. The predicted molar refractivity (Wildman–Crippen MR) is 80.9 cm³/mol. The second kappa shape index (κ2) is 6.70. The Bertz CT molecular complexity index is 468. The van der Waals surface area contributed by atoms with E-state index in [2.05, 4.69) is 17.1 Å². The Morgan fingerprint density at radius 3 is 2.65 bits per heavy atom. The molecule has 1 saturated heterocycles. The molecule has 0 bridgehead atoms. The highest BCUT2D eigenvalue weighted by Gasteiger charge is 2.19. The van der Waals surface area contributed by atoms with Crippen LogP contribution in [-0.2, 0) is 6.54 Å². The molecule has 0 aromatic heterocycles. The lowest BCUT2D eigenvalue weighted by Gasteiger charge is -2.31. The average molecular weight is 277 g/mol. The average Bonchev–Trinajstić information content (AvgIpc) is 2.48. The second-order valence-electron chi connectivity index (χ2n) is 5.48. The van der Waals surface area contributed by atoms with E-state index < -0.39 is 0 Å². The predicted octanol–water partition coefficient (Wildman–Crippen LogP) is 3.26. The standard InChI is InChI=1S/C15H23N3O2/c1-3-12-6-8-17(9-7-12)11-13-10-14(18(19)20)4-5-15(13)16-2/h4-5,10,12,16H,3,6-9,11H2,1-2H3. The van der Waals surface area contributed by atoms with Crippen LogP contribution in [0.1, 0.15) is 31.7 Å². The van der Waals surface area contributed by atoms with E-state index in [9.17, 15) is 10.1 Å². The van der Waals surface area contributed by atoms with Crippen molar-refractivity contribution in [2.75, 3.05) is 25.5 Å². The molecule has 0 aliphatic carbocycles. The smallest absolute Gasteiger partial charge is 0.269 e. The van der Waals surface area contributed by atoms with Crippen LogP contribution in [0.2, 0.25) is 0 Å². The van der Waals surface area contributed by atoms with Gasteiger partial charge in [0.1, 0.15) is 0 Å². The lowest BCUT2D eigenvalue weighted by atomic mass is 9.94. The highest BCUT2D eigenvalue weighted by Crippen LogP contribution is 2.26. The van der Waals surface area contributed by atoms with Crippen LogP contribution < -0.4 is 5.32 Å². The fourth-order valence-electron chi connectivity index (χ4n) is 2.86. The molecule has 1 heterocycles. The van der Waals surface area contributed by atoms with Gasteiger partial charge in [-0.2, -0.15) is 0 Å². The van der Waals surface area contributed by atoms with Gasteiger partial charge in [0.15, 0.2) is 0 Å². The Kier molecular flexibility index (Phi) is 4.95. The van der Waals surface area contributed by atoms with Gasteiger partial charge in [0.25, 0.3) is 5.69 Å². The van der Waals surface area contributed by atoms with E-state index in [4.69, 9.17) is 0 Å². The third-order valence-corrected chi connectivity index (χ3v) is 4.25. The van der Waals surface area contributed by atoms with Gasteiger partial charge in [-0.05, 0) is 43.5 Å². The summed E-state index contributed by atoms with van der Waals surface area (Å²) in [6.07, 6.45) is 3.73. The Morgan fingerprint density at radius 1 is 1.40 bits per heavy atom. The lowest BCUT2D eigenvalue weighted by molar-refractivity contribution is -0.384. The highest BCUT2D eigenvalue weighted by atomic mass is 16.6. The van der Waals surface area contributed by atoms with Gasteiger partial charge in [0.05, 0.1) is 4.92 Å². The summed E-state index contributed by atoms with van der Waals surface area (Å²) in [6, 6.07) is 5.04. The van der Waals surface area contributed by atoms with Crippen LogP contribution in [-0.4, -0.2) is 30.0 Å². The van der Waals surface area contributed by atoms with Gasteiger partial charge >= 0.3 is 0 Å². The first kappa shape index (κ1) is 14.8. The van der Waals surface area contributed by atoms with Crippen molar-refractivity contribution in [1.82, 2.24) is 4.90 Å². The number of non-ortho nitro benzene ring substituents is 1. The fourth-order valence-corrected chi connectivity index (χ4v) is 2.86. The first-order valence-electron chi connectivity index (χ1n) is 7.31. The number of likely N-dealkylation sites (tertiary alicyclic amines) is 1. The SMILES string of the molecule is CCC1CCN(Cc2cc([N+](=O)[O-])ccc2NC)CC1. The zero-order valence-electron chi connectivity index (χ0n) is 12.3. The molecular formula is C15H23N3O2. The van der Waals surface area contributed by atoms with E-state index in [1.54, 1.807) is 18.2 Å². The molecule has 1 aromatic rings. The number of nitro groups is 1. The molecule has 2 rings (SSSR count). The summed E-state index contributed by atoms with van der Waals surface area (Å²) in [7, 11) is 1.86. The van der Waals surface area contributed by atoms with E-state index in [0.717, 1.165) is 36.8 Å². The Labute approximate surface area is 120 Å². The molecule has 5 nitrogen and oxygen atoms in total. The quantitative estimate of drug-likeness (QED) is 0.663. The maximum absolute atomic E-state index is 10.9. The lowest BCUT2D eigenvalue weighted by Crippen LogP contribution is -2.33. The summed E-state index contributed by atoms with van der Waals surface area (Å²) in [4.78, 5) is 13.0. The van der Waals surface area contributed by atoms with Gasteiger partial charge in [-0.15, -0.1) is 0 Å². The van der Waals surface area contributed by atoms with Crippen LogP contribution in [0.25, 0.3) is 0 Å². The topological polar surface area (TPSA) is 58.4 Å². The molecule has 0 unspecified atom stereocenters. The molecule has 1 aliphatic rings. The van der Waals surface area contributed by atoms with E-state index in [0.29, 0.717) is 0 Å². The Hall–Kier alpha value is -1.62. The van der Waals surface area contributed by atoms with Crippen LogP contribution in [0.15, 0.2) is 18.2 Å². The van der Waals surface area contributed by atoms with Gasteiger partial charge in [0.2, 0.25) is 0 Å². The van der Waals surface area contributed by atoms with Crippen molar-refractivity contribution in [3.8, 4) is 0 Å². The Balaban J connectivity index is 2.08. The first-order valence-corrected chi connectivity index (χ1v) is 7.31. The minimum absolute atomic E-state index is 0.169. The van der Waals surface area contributed by atoms with Crippen molar-refractivity contribution in [2.24, 2.45) is 5.92 Å². The van der Waals surface area contributed by atoms with Crippen molar-refractivity contribution in [3.05, 3.63) is 33.9 Å². The third kappa shape index (κ3) is 3.48. The third-order valence-electron chi connectivity index (χ3n) is 4.25. The van der Waals surface area contributed by atoms with Crippen LogP contribution >= 0.6 is 0 Å². The molecule has 5 heteroatoms. The number of hydrogen-bond donors (Lipinski definition) is 1. The molecule has 0 saturated carbocycles. The number of anilines is 1. The van der Waals surface area contributed by atoms with Crippen LogP contribution in [0, 0.1) is 16.0 Å². The summed E-state index contributed by atoms with van der Waals surface area (Å²) >= 11 is 0. The van der Waals surface area contributed by atoms with E-state index in [1.807, 2.05) is 7.05 Å².